The van der Waals surface area contributed by atoms with Crippen LogP contribution in [-0.4, -0.2) is 28.3 Å². The molecule has 33 heavy (non-hydrogen) atoms. The second-order valence-electron chi connectivity index (χ2n) is 8.17. The summed E-state index contributed by atoms with van der Waals surface area (Å²) in [6.07, 6.45) is -2.62. The minimum Gasteiger partial charge on any atom is -0.478 e. The second-order valence-corrected chi connectivity index (χ2v) is 8.17. The van der Waals surface area contributed by atoms with E-state index in [1.54, 1.807) is 30.3 Å². The molecule has 2 N–H and O–H groups in total. The van der Waals surface area contributed by atoms with Crippen LogP contribution in [-0.2, 0) is 10.2 Å². The first-order chi connectivity index (χ1) is 15.6. The molecule has 0 atom stereocenters. The zero-order chi connectivity index (χ0) is 23.4. The van der Waals surface area contributed by atoms with Crippen molar-refractivity contribution >= 4 is 17.7 Å². The van der Waals surface area contributed by atoms with Crippen molar-refractivity contribution in [3.8, 4) is 22.8 Å². The van der Waals surface area contributed by atoms with Gasteiger partial charge in [-0.15, -0.1) is 8.78 Å². The predicted octanol–water partition coefficient (Wildman–Crippen LogP) is 4.75. The Balaban J connectivity index is 1.41. The van der Waals surface area contributed by atoms with Gasteiger partial charge < -0.3 is 19.9 Å². The molecule has 0 bridgehead atoms. The Hall–Kier alpha value is -4.01. The molecule has 1 amide bonds. The number of nitrogens with zero attached hydrogens (tertiary/aromatic N) is 1. The average molecular weight is 452 g/mol. The van der Waals surface area contributed by atoms with Gasteiger partial charge >= 0.3 is 12.3 Å². The van der Waals surface area contributed by atoms with E-state index in [1.165, 1.54) is 24.3 Å². The van der Waals surface area contributed by atoms with Crippen molar-refractivity contribution in [2.24, 2.45) is 0 Å². The fourth-order valence-electron chi connectivity index (χ4n) is 3.95. The third-order valence-electron chi connectivity index (χ3n) is 5.76. The van der Waals surface area contributed by atoms with Crippen LogP contribution in [0.2, 0.25) is 0 Å². The molecule has 0 saturated heterocycles. The Bertz CT molecular complexity index is 1300. The molecule has 7 nitrogen and oxygen atoms in total. The summed E-state index contributed by atoms with van der Waals surface area (Å²) in [7, 11) is 0. The van der Waals surface area contributed by atoms with Gasteiger partial charge in [-0.1, -0.05) is 18.2 Å². The van der Waals surface area contributed by atoms with Gasteiger partial charge in [-0.05, 0) is 67.3 Å². The fourth-order valence-corrected chi connectivity index (χ4v) is 3.95. The number of aromatic carboxylic acids is 1. The van der Waals surface area contributed by atoms with E-state index in [-0.39, 0.29) is 23.0 Å². The normalized spacial score (nSPS) is 16.8. The number of hydrogen-bond donors (Lipinski definition) is 2. The smallest absolute Gasteiger partial charge is 0.478 e. The summed E-state index contributed by atoms with van der Waals surface area (Å²) >= 11 is 0. The van der Waals surface area contributed by atoms with Gasteiger partial charge in [0.25, 0.3) is 0 Å². The SMILES string of the molecule is Cc1cc(NC(=O)C2(c3ccc4c(c3)OC(F)(F)O4)CC2)nc(-c2cccc(C(=O)O)c2)c1. The van der Waals surface area contributed by atoms with Gasteiger partial charge in [-0.2, -0.15) is 0 Å². The van der Waals surface area contributed by atoms with E-state index in [2.05, 4.69) is 19.8 Å². The number of aromatic nitrogens is 1. The number of carboxylic acids is 1. The van der Waals surface area contributed by atoms with Crippen LogP contribution < -0.4 is 14.8 Å². The number of ether oxygens (including phenoxy) is 2. The number of carboxylic acid groups (broad SMARTS) is 1. The molecule has 1 aliphatic carbocycles. The molecule has 2 heterocycles. The first-order valence-electron chi connectivity index (χ1n) is 10.2. The summed E-state index contributed by atoms with van der Waals surface area (Å²) in [5, 5.41) is 12.1. The van der Waals surface area contributed by atoms with Gasteiger partial charge in [-0.3, -0.25) is 4.79 Å². The number of carbonyl (C=O) groups is 2. The lowest BCUT2D eigenvalue weighted by Crippen LogP contribution is -2.28. The molecule has 0 unspecified atom stereocenters. The van der Waals surface area contributed by atoms with Crippen LogP contribution in [0.1, 0.15) is 34.3 Å². The molecule has 1 saturated carbocycles. The van der Waals surface area contributed by atoms with E-state index < -0.39 is 17.7 Å². The van der Waals surface area contributed by atoms with E-state index in [0.717, 1.165) is 5.56 Å². The summed E-state index contributed by atoms with van der Waals surface area (Å²) in [5.41, 5.74) is 1.76. The molecular formula is C24H18F2N2O5. The Kier molecular flexibility index (Phi) is 4.59. The first-order valence-corrected chi connectivity index (χ1v) is 10.2. The number of anilines is 1. The number of amides is 1. The Morgan fingerprint density at radius 3 is 2.52 bits per heavy atom. The van der Waals surface area contributed by atoms with Crippen molar-refractivity contribution in [2.75, 3.05) is 5.32 Å². The van der Waals surface area contributed by atoms with Crippen LogP contribution in [0.15, 0.2) is 54.6 Å². The minimum atomic E-state index is -3.72. The summed E-state index contributed by atoms with van der Waals surface area (Å²) in [4.78, 5) is 29.0. The van der Waals surface area contributed by atoms with Gasteiger partial charge in [0, 0.05) is 5.56 Å². The van der Waals surface area contributed by atoms with E-state index >= 15 is 0 Å². The summed E-state index contributed by atoms with van der Waals surface area (Å²) in [6.45, 7) is 1.84. The van der Waals surface area contributed by atoms with Crippen LogP contribution in [0.3, 0.4) is 0 Å². The average Bonchev–Trinajstić information content (AvgIpc) is 3.50. The maximum Gasteiger partial charge on any atom is 0.586 e. The van der Waals surface area contributed by atoms with E-state index in [9.17, 15) is 23.5 Å². The van der Waals surface area contributed by atoms with E-state index in [1.807, 2.05) is 6.92 Å². The first kappa shape index (κ1) is 20.9. The molecular weight excluding hydrogens is 434 g/mol. The zero-order valence-corrected chi connectivity index (χ0v) is 17.4. The highest BCUT2D eigenvalue weighted by atomic mass is 19.3. The number of benzene rings is 2. The van der Waals surface area contributed by atoms with Crippen molar-refractivity contribution in [1.82, 2.24) is 4.98 Å². The van der Waals surface area contributed by atoms with Crippen molar-refractivity contribution in [3.63, 3.8) is 0 Å². The number of rotatable bonds is 5. The molecule has 168 valence electrons. The lowest BCUT2D eigenvalue weighted by atomic mass is 9.94. The number of alkyl halides is 2. The maximum absolute atomic E-state index is 13.3. The van der Waals surface area contributed by atoms with Crippen LogP contribution in [0.4, 0.5) is 14.6 Å². The maximum atomic E-state index is 13.3. The topological polar surface area (TPSA) is 97.8 Å². The van der Waals surface area contributed by atoms with E-state index in [0.29, 0.717) is 35.5 Å². The lowest BCUT2D eigenvalue weighted by molar-refractivity contribution is -0.286. The standard InChI is InChI=1S/C24H18F2N2O5/c1-13-9-17(14-3-2-4-15(11-14)21(29)30)27-20(10-13)28-22(31)23(7-8-23)16-5-6-18-19(12-16)33-24(25,26)32-18/h2-6,9-12H,7-8H2,1H3,(H,29,30)(H,27,28,31). The number of halogens is 2. The van der Waals surface area contributed by atoms with Crippen LogP contribution in [0.25, 0.3) is 11.3 Å². The molecule has 2 aliphatic rings. The molecule has 3 aromatic rings. The highest BCUT2D eigenvalue weighted by molar-refractivity contribution is 6.01. The molecule has 9 heteroatoms. The Morgan fingerprint density at radius 1 is 1.03 bits per heavy atom. The van der Waals surface area contributed by atoms with Crippen LogP contribution in [0, 0.1) is 6.92 Å². The monoisotopic (exact) mass is 452 g/mol. The molecule has 0 radical (unpaired) electrons. The van der Waals surface area contributed by atoms with Gasteiger partial charge in [0.1, 0.15) is 5.82 Å². The number of nitrogens with one attached hydrogen (secondary N) is 1. The van der Waals surface area contributed by atoms with Crippen molar-refractivity contribution < 1.29 is 33.0 Å². The second kappa shape index (κ2) is 7.26. The third kappa shape index (κ3) is 3.86. The van der Waals surface area contributed by atoms with Crippen molar-refractivity contribution in [1.29, 1.82) is 0 Å². The number of aryl methyl sites for hydroxylation is 1. The molecule has 1 fully saturated rings. The number of carbonyl (C=O) groups excluding carboxylic acids is 1. The molecule has 1 aliphatic heterocycles. The summed E-state index contributed by atoms with van der Waals surface area (Å²) < 4.78 is 35.6. The number of fused-ring (bicyclic) bond motifs is 1. The quantitative estimate of drug-likeness (QED) is 0.580. The Labute approximate surface area is 187 Å². The van der Waals surface area contributed by atoms with E-state index in [4.69, 9.17) is 0 Å². The molecule has 5 rings (SSSR count). The molecule has 1 aromatic heterocycles. The van der Waals surface area contributed by atoms with Crippen molar-refractivity contribution in [3.05, 3.63) is 71.3 Å². The molecule has 0 spiro atoms. The van der Waals surface area contributed by atoms with Crippen LogP contribution in [0.5, 0.6) is 11.5 Å². The zero-order valence-electron chi connectivity index (χ0n) is 17.4. The van der Waals surface area contributed by atoms with Crippen molar-refractivity contribution in [2.45, 2.75) is 31.5 Å². The Morgan fingerprint density at radius 2 is 1.79 bits per heavy atom. The fraction of sp³-hybridized carbons (Fsp3) is 0.208. The molecule has 2 aromatic carbocycles. The summed E-state index contributed by atoms with van der Waals surface area (Å²) in [6, 6.07) is 14.2. The van der Waals surface area contributed by atoms with Gasteiger partial charge in [-0.25, -0.2) is 9.78 Å². The largest absolute Gasteiger partial charge is 0.586 e. The number of pyridine rings is 1. The predicted molar refractivity (Wildman–Crippen MR) is 114 cm³/mol. The minimum absolute atomic E-state index is 0.0754. The number of hydrogen-bond acceptors (Lipinski definition) is 5. The van der Waals surface area contributed by atoms with Gasteiger partial charge in [0.05, 0.1) is 16.7 Å². The highest BCUT2D eigenvalue weighted by Gasteiger charge is 2.53. The van der Waals surface area contributed by atoms with Gasteiger partial charge in [0.2, 0.25) is 5.91 Å². The highest BCUT2D eigenvalue weighted by Crippen LogP contribution is 2.52. The van der Waals surface area contributed by atoms with Gasteiger partial charge in [0.15, 0.2) is 11.5 Å². The summed E-state index contributed by atoms with van der Waals surface area (Å²) in [5.74, 6) is -1.22. The van der Waals surface area contributed by atoms with Crippen LogP contribution >= 0.6 is 0 Å². The third-order valence-corrected chi connectivity index (χ3v) is 5.76. The lowest BCUT2D eigenvalue weighted by Gasteiger charge is -2.16.